The van der Waals surface area contributed by atoms with Crippen LogP contribution in [0.3, 0.4) is 0 Å². The van der Waals surface area contributed by atoms with Crippen LogP contribution < -0.4 is 5.73 Å². The molecule has 3 aromatic heterocycles. The summed E-state index contributed by atoms with van der Waals surface area (Å²) in [6.45, 7) is 3.93. The van der Waals surface area contributed by atoms with Gasteiger partial charge in [-0.25, -0.2) is 19.5 Å². The van der Waals surface area contributed by atoms with E-state index in [0.717, 1.165) is 60.9 Å². The molecular weight excluding hydrogens is 352 g/mol. The van der Waals surface area contributed by atoms with Crippen LogP contribution in [0.5, 0.6) is 0 Å². The third kappa shape index (κ3) is 3.16. The van der Waals surface area contributed by atoms with Crippen molar-refractivity contribution in [1.82, 2.24) is 19.6 Å². The molecule has 1 unspecified atom stereocenters. The molecule has 0 saturated carbocycles. The lowest BCUT2D eigenvalue weighted by molar-refractivity contribution is 0.0612. The molecule has 0 bridgehead atoms. The SMILES string of the molecule is CC1=Nc2ncc(-c3ccn4nc(N)ncc34)cc2CC1CC1CCOCC1. The minimum atomic E-state index is 0.263. The van der Waals surface area contributed by atoms with Gasteiger partial charge in [-0.3, -0.25) is 0 Å². The molecule has 144 valence electrons. The first kappa shape index (κ1) is 17.3. The summed E-state index contributed by atoms with van der Waals surface area (Å²) < 4.78 is 7.27. The van der Waals surface area contributed by atoms with E-state index in [0.29, 0.717) is 5.92 Å². The molecule has 0 spiro atoms. The molecule has 1 atom stereocenters. The first-order valence-corrected chi connectivity index (χ1v) is 9.89. The summed E-state index contributed by atoms with van der Waals surface area (Å²) in [5.41, 5.74) is 11.2. The van der Waals surface area contributed by atoms with Crippen molar-refractivity contribution < 1.29 is 4.74 Å². The van der Waals surface area contributed by atoms with Gasteiger partial charge in [0.25, 0.3) is 0 Å². The highest BCUT2D eigenvalue weighted by Gasteiger charge is 2.26. The largest absolute Gasteiger partial charge is 0.381 e. The van der Waals surface area contributed by atoms with Crippen LogP contribution in [0.2, 0.25) is 0 Å². The molecule has 5 heterocycles. The Hall–Kier alpha value is -2.80. The number of aromatic nitrogens is 4. The second-order valence-electron chi connectivity index (χ2n) is 7.83. The number of ether oxygens (including phenoxy) is 1. The number of rotatable bonds is 3. The summed E-state index contributed by atoms with van der Waals surface area (Å²) in [7, 11) is 0. The normalized spacial score (nSPS) is 20.2. The number of anilines is 1. The van der Waals surface area contributed by atoms with Crippen LogP contribution in [0, 0.1) is 11.8 Å². The molecule has 7 heteroatoms. The maximum Gasteiger partial charge on any atom is 0.238 e. The fourth-order valence-electron chi connectivity index (χ4n) is 4.37. The van der Waals surface area contributed by atoms with Crippen LogP contribution in [0.25, 0.3) is 16.6 Å². The van der Waals surface area contributed by atoms with Crippen LogP contribution in [-0.4, -0.2) is 38.5 Å². The van der Waals surface area contributed by atoms with Gasteiger partial charge in [0.15, 0.2) is 5.82 Å². The highest BCUT2D eigenvalue weighted by Crippen LogP contribution is 2.35. The maximum atomic E-state index is 5.69. The number of hydrogen-bond donors (Lipinski definition) is 1. The van der Waals surface area contributed by atoms with Crippen LogP contribution >= 0.6 is 0 Å². The molecule has 2 aliphatic rings. The Balaban J connectivity index is 1.44. The van der Waals surface area contributed by atoms with Gasteiger partial charge in [-0.05, 0) is 56.2 Å². The molecule has 0 amide bonds. The zero-order chi connectivity index (χ0) is 19.1. The molecule has 7 nitrogen and oxygen atoms in total. The van der Waals surface area contributed by atoms with Gasteiger partial charge < -0.3 is 10.5 Å². The third-order valence-corrected chi connectivity index (χ3v) is 5.99. The number of fused-ring (bicyclic) bond motifs is 2. The van der Waals surface area contributed by atoms with E-state index in [1.54, 1.807) is 10.7 Å². The first-order chi connectivity index (χ1) is 13.7. The highest BCUT2D eigenvalue weighted by atomic mass is 16.5. The van der Waals surface area contributed by atoms with E-state index in [9.17, 15) is 0 Å². The lowest BCUT2D eigenvalue weighted by Gasteiger charge is -2.29. The van der Waals surface area contributed by atoms with Gasteiger partial charge in [-0.1, -0.05) is 0 Å². The Labute approximate surface area is 163 Å². The van der Waals surface area contributed by atoms with Crippen molar-refractivity contribution in [2.24, 2.45) is 16.8 Å². The average molecular weight is 376 g/mol. The zero-order valence-electron chi connectivity index (χ0n) is 16.0. The Kier molecular flexibility index (Phi) is 4.31. The van der Waals surface area contributed by atoms with Crippen LogP contribution in [-0.2, 0) is 11.2 Å². The van der Waals surface area contributed by atoms with E-state index < -0.39 is 0 Å². The monoisotopic (exact) mass is 376 g/mol. The zero-order valence-corrected chi connectivity index (χ0v) is 16.0. The summed E-state index contributed by atoms with van der Waals surface area (Å²) in [6.07, 6.45) is 10.1. The van der Waals surface area contributed by atoms with E-state index in [-0.39, 0.29) is 5.95 Å². The third-order valence-electron chi connectivity index (χ3n) is 5.99. The number of pyridine rings is 1. The summed E-state index contributed by atoms with van der Waals surface area (Å²) in [6, 6.07) is 4.25. The summed E-state index contributed by atoms with van der Waals surface area (Å²) in [5.74, 6) is 2.34. The van der Waals surface area contributed by atoms with Crippen molar-refractivity contribution >= 4 is 23.0 Å². The summed E-state index contributed by atoms with van der Waals surface area (Å²) >= 11 is 0. The molecule has 1 fully saturated rings. The average Bonchev–Trinajstić information content (AvgIpc) is 3.12. The molecule has 5 rings (SSSR count). The predicted octanol–water partition coefficient (Wildman–Crippen LogP) is 3.45. The van der Waals surface area contributed by atoms with Crippen LogP contribution in [0.1, 0.15) is 31.7 Å². The van der Waals surface area contributed by atoms with Crippen molar-refractivity contribution in [3.05, 3.63) is 36.3 Å². The summed E-state index contributed by atoms with van der Waals surface area (Å²) in [4.78, 5) is 13.6. The lowest BCUT2D eigenvalue weighted by atomic mass is 9.82. The van der Waals surface area contributed by atoms with E-state index in [4.69, 9.17) is 15.5 Å². The Morgan fingerprint density at radius 1 is 1.21 bits per heavy atom. The van der Waals surface area contributed by atoms with Crippen molar-refractivity contribution in [2.75, 3.05) is 18.9 Å². The van der Waals surface area contributed by atoms with E-state index >= 15 is 0 Å². The van der Waals surface area contributed by atoms with Crippen molar-refractivity contribution in [3.8, 4) is 11.1 Å². The first-order valence-electron chi connectivity index (χ1n) is 9.89. The molecule has 0 radical (unpaired) electrons. The van der Waals surface area contributed by atoms with E-state index in [1.165, 1.54) is 17.7 Å². The van der Waals surface area contributed by atoms with Crippen molar-refractivity contribution in [3.63, 3.8) is 0 Å². The predicted molar refractivity (Wildman–Crippen MR) is 109 cm³/mol. The van der Waals surface area contributed by atoms with E-state index in [2.05, 4.69) is 28.1 Å². The smallest absolute Gasteiger partial charge is 0.238 e. The summed E-state index contributed by atoms with van der Waals surface area (Å²) in [5, 5.41) is 4.23. The quantitative estimate of drug-likeness (QED) is 0.756. The Morgan fingerprint density at radius 2 is 2.07 bits per heavy atom. The molecule has 3 aromatic rings. The minimum Gasteiger partial charge on any atom is -0.381 e. The van der Waals surface area contributed by atoms with E-state index in [1.807, 2.05) is 18.5 Å². The van der Waals surface area contributed by atoms with Gasteiger partial charge in [0.2, 0.25) is 5.95 Å². The molecule has 1 saturated heterocycles. The number of hydrogen-bond acceptors (Lipinski definition) is 6. The maximum absolute atomic E-state index is 5.69. The van der Waals surface area contributed by atoms with Gasteiger partial charge in [0.05, 0.1) is 11.7 Å². The number of nitrogens with zero attached hydrogens (tertiary/aromatic N) is 5. The van der Waals surface area contributed by atoms with Gasteiger partial charge in [-0.2, -0.15) is 0 Å². The number of nitrogens with two attached hydrogens (primary N) is 1. The fourth-order valence-corrected chi connectivity index (χ4v) is 4.37. The lowest BCUT2D eigenvalue weighted by Crippen LogP contribution is -2.25. The standard InChI is InChI=1S/C21H24N6O/c1-13-15(8-14-3-6-28-7-4-14)9-16-10-17(11-23-20(16)25-13)18-2-5-27-19(18)12-24-21(22)26-27/h2,5,10-12,14-15H,3-4,6-9H2,1H3,(H2,22,26). The minimum absolute atomic E-state index is 0.263. The molecule has 0 aromatic carbocycles. The van der Waals surface area contributed by atoms with Gasteiger partial charge in [0, 0.05) is 48.4 Å². The fraction of sp³-hybridized carbons (Fsp3) is 0.429. The topological polar surface area (TPSA) is 90.7 Å². The Bertz CT molecular complexity index is 1050. The number of aliphatic imine (C=N–C) groups is 1. The van der Waals surface area contributed by atoms with Gasteiger partial charge in [-0.15, -0.1) is 5.10 Å². The van der Waals surface area contributed by atoms with Crippen LogP contribution in [0.4, 0.5) is 11.8 Å². The number of nitrogen functional groups attached to an aromatic ring is 1. The molecular formula is C21H24N6O. The molecule has 28 heavy (non-hydrogen) atoms. The molecule has 2 aliphatic heterocycles. The van der Waals surface area contributed by atoms with Gasteiger partial charge in [0.1, 0.15) is 0 Å². The molecule has 0 aliphatic carbocycles. The van der Waals surface area contributed by atoms with Crippen LogP contribution in [0.15, 0.2) is 35.7 Å². The Morgan fingerprint density at radius 3 is 2.93 bits per heavy atom. The highest BCUT2D eigenvalue weighted by molar-refractivity contribution is 5.89. The van der Waals surface area contributed by atoms with Crippen molar-refractivity contribution in [1.29, 1.82) is 0 Å². The second-order valence-corrected chi connectivity index (χ2v) is 7.83. The second kappa shape index (κ2) is 6.98. The molecule has 2 N–H and O–H groups in total. The van der Waals surface area contributed by atoms with Gasteiger partial charge >= 0.3 is 0 Å². The van der Waals surface area contributed by atoms with Crippen molar-refractivity contribution in [2.45, 2.75) is 32.6 Å².